The van der Waals surface area contributed by atoms with Gasteiger partial charge in [-0.3, -0.25) is 9.59 Å². The van der Waals surface area contributed by atoms with E-state index in [2.05, 4.69) is 43.4 Å². The minimum Gasteiger partial charge on any atom is -0.350 e. The van der Waals surface area contributed by atoms with Gasteiger partial charge in [0.05, 0.1) is 0 Å². The van der Waals surface area contributed by atoms with Gasteiger partial charge >= 0.3 is 0 Å². The average Bonchev–Trinajstić information content (AvgIpc) is 2.72. The van der Waals surface area contributed by atoms with Gasteiger partial charge in [0.15, 0.2) is 0 Å². The number of rotatable bonds is 9. The van der Waals surface area contributed by atoms with E-state index in [4.69, 9.17) is 23.2 Å². The van der Waals surface area contributed by atoms with Crippen molar-refractivity contribution >= 4 is 35.0 Å². The van der Waals surface area contributed by atoms with Crippen LogP contribution in [0.15, 0.2) is 42.5 Å². The fourth-order valence-electron chi connectivity index (χ4n) is 3.67. The molecule has 180 valence electrons. The van der Waals surface area contributed by atoms with Crippen molar-refractivity contribution in [1.82, 2.24) is 10.2 Å². The fourth-order valence-corrected chi connectivity index (χ4v) is 4.14. The lowest BCUT2D eigenvalue weighted by atomic mass is 10.00. The molecule has 2 aromatic carbocycles. The summed E-state index contributed by atoms with van der Waals surface area (Å²) in [6.07, 6.45) is 1.42. The molecule has 0 fully saturated rings. The smallest absolute Gasteiger partial charge is 0.243 e. The van der Waals surface area contributed by atoms with Gasteiger partial charge in [0, 0.05) is 28.5 Å². The molecule has 2 amide bonds. The van der Waals surface area contributed by atoms with Crippen molar-refractivity contribution in [1.29, 1.82) is 0 Å². The Morgan fingerprint density at radius 2 is 1.67 bits per heavy atom. The number of hydrogen-bond donors (Lipinski definition) is 1. The van der Waals surface area contributed by atoms with Crippen molar-refractivity contribution in [3.8, 4) is 0 Å². The fraction of sp³-hybridized carbons (Fsp3) is 0.481. The maximum atomic E-state index is 13.4. The highest BCUT2D eigenvalue weighted by Crippen LogP contribution is 2.24. The molecule has 0 aromatic heterocycles. The molecule has 2 rings (SSSR count). The Balaban J connectivity index is 2.25. The van der Waals surface area contributed by atoms with Crippen molar-refractivity contribution in [2.45, 2.75) is 84.8 Å². The van der Waals surface area contributed by atoms with E-state index in [0.717, 1.165) is 11.1 Å². The first-order valence-corrected chi connectivity index (χ1v) is 12.3. The molecule has 1 atom stereocenters. The SMILES string of the molecule is CC[C@@H](C(=O)NC(C)(C)C)N(Cc1ccc(Cl)cc1Cl)C(=O)CCc1ccc(C(C)C)cc1. The van der Waals surface area contributed by atoms with Crippen molar-refractivity contribution in [3.63, 3.8) is 0 Å². The predicted molar refractivity (Wildman–Crippen MR) is 138 cm³/mol. The van der Waals surface area contributed by atoms with E-state index >= 15 is 0 Å². The second-order valence-electron chi connectivity index (χ2n) is 9.82. The number of amides is 2. The van der Waals surface area contributed by atoms with Crippen LogP contribution >= 0.6 is 23.2 Å². The Kier molecular flexibility index (Phi) is 9.81. The van der Waals surface area contributed by atoms with Crippen LogP contribution in [0.3, 0.4) is 0 Å². The Morgan fingerprint density at radius 3 is 2.18 bits per heavy atom. The molecule has 2 aromatic rings. The van der Waals surface area contributed by atoms with E-state index in [1.165, 1.54) is 5.56 Å². The molecule has 0 radical (unpaired) electrons. The highest BCUT2D eigenvalue weighted by molar-refractivity contribution is 6.35. The molecular formula is C27H36Cl2N2O2. The zero-order valence-corrected chi connectivity index (χ0v) is 22.1. The molecule has 0 unspecified atom stereocenters. The van der Waals surface area contributed by atoms with Crippen LogP contribution < -0.4 is 5.32 Å². The van der Waals surface area contributed by atoms with Gasteiger partial charge in [-0.05, 0) is 68.4 Å². The topological polar surface area (TPSA) is 49.4 Å². The van der Waals surface area contributed by atoms with Crippen molar-refractivity contribution in [2.24, 2.45) is 0 Å². The standard InChI is InChI=1S/C27H36Cl2N2O2/c1-7-24(26(33)30-27(4,5)6)31(17-21-13-14-22(28)16-23(21)29)25(32)15-10-19-8-11-20(12-9-19)18(2)3/h8-9,11-14,16,18,24H,7,10,15,17H2,1-6H3,(H,30,33)/t24-/m0/s1. The summed E-state index contributed by atoms with van der Waals surface area (Å²) in [5, 5.41) is 4.03. The molecule has 0 heterocycles. The summed E-state index contributed by atoms with van der Waals surface area (Å²) in [5.74, 6) is 0.224. The van der Waals surface area contributed by atoms with Gasteiger partial charge < -0.3 is 10.2 Å². The predicted octanol–water partition coefficient (Wildman–Crippen LogP) is 6.77. The van der Waals surface area contributed by atoms with Gasteiger partial charge in [0.2, 0.25) is 11.8 Å². The highest BCUT2D eigenvalue weighted by atomic mass is 35.5. The highest BCUT2D eigenvalue weighted by Gasteiger charge is 2.30. The third-order valence-corrected chi connectivity index (χ3v) is 6.10. The minimum atomic E-state index is -0.591. The summed E-state index contributed by atoms with van der Waals surface area (Å²) in [4.78, 5) is 28.2. The van der Waals surface area contributed by atoms with Crippen LogP contribution in [-0.2, 0) is 22.6 Å². The summed E-state index contributed by atoms with van der Waals surface area (Å²) in [6, 6.07) is 13.0. The number of carbonyl (C=O) groups is 2. The third-order valence-electron chi connectivity index (χ3n) is 5.51. The zero-order chi connectivity index (χ0) is 24.8. The van der Waals surface area contributed by atoms with Crippen molar-refractivity contribution in [2.75, 3.05) is 0 Å². The van der Waals surface area contributed by atoms with Crippen LogP contribution in [0.5, 0.6) is 0 Å². The number of nitrogens with one attached hydrogen (secondary N) is 1. The molecule has 0 saturated heterocycles. The number of hydrogen-bond acceptors (Lipinski definition) is 2. The van der Waals surface area contributed by atoms with Crippen LogP contribution in [0.1, 0.15) is 77.0 Å². The van der Waals surface area contributed by atoms with E-state index in [9.17, 15) is 9.59 Å². The monoisotopic (exact) mass is 490 g/mol. The van der Waals surface area contributed by atoms with Crippen molar-refractivity contribution < 1.29 is 9.59 Å². The lowest BCUT2D eigenvalue weighted by Crippen LogP contribution is -2.53. The molecular weight excluding hydrogens is 455 g/mol. The van der Waals surface area contributed by atoms with E-state index < -0.39 is 11.6 Å². The maximum Gasteiger partial charge on any atom is 0.243 e. The molecule has 0 saturated carbocycles. The quantitative estimate of drug-likeness (QED) is 0.421. The Bertz CT molecular complexity index is 950. The maximum absolute atomic E-state index is 13.4. The molecule has 0 bridgehead atoms. The van der Waals surface area contributed by atoms with Crippen molar-refractivity contribution in [3.05, 3.63) is 69.2 Å². The Labute approximate surface area is 208 Å². The second kappa shape index (κ2) is 11.9. The van der Waals surface area contributed by atoms with Gasteiger partial charge in [0.1, 0.15) is 6.04 Å². The van der Waals surface area contributed by atoms with Gasteiger partial charge in [-0.2, -0.15) is 0 Å². The summed E-state index contributed by atoms with van der Waals surface area (Å²) in [7, 11) is 0. The molecule has 33 heavy (non-hydrogen) atoms. The minimum absolute atomic E-state index is 0.0788. The first kappa shape index (κ1) is 27.2. The van der Waals surface area contributed by atoms with Crippen LogP contribution in [0.25, 0.3) is 0 Å². The van der Waals surface area contributed by atoms with E-state index in [1.54, 1.807) is 17.0 Å². The molecule has 6 heteroatoms. The van der Waals surface area contributed by atoms with Crippen LogP contribution in [0.4, 0.5) is 0 Å². The second-order valence-corrected chi connectivity index (χ2v) is 10.7. The van der Waals surface area contributed by atoms with Gasteiger partial charge in [-0.15, -0.1) is 0 Å². The number of carbonyl (C=O) groups excluding carboxylic acids is 2. The van der Waals surface area contributed by atoms with Gasteiger partial charge in [0.25, 0.3) is 0 Å². The molecule has 1 N–H and O–H groups in total. The van der Waals surface area contributed by atoms with E-state index in [1.807, 2.05) is 33.8 Å². The molecule has 4 nitrogen and oxygen atoms in total. The lowest BCUT2D eigenvalue weighted by Gasteiger charge is -2.33. The van der Waals surface area contributed by atoms with Gasteiger partial charge in [-0.1, -0.05) is 74.3 Å². The van der Waals surface area contributed by atoms with Crippen LogP contribution in [0, 0.1) is 0 Å². The normalized spacial score (nSPS) is 12.5. The molecule has 0 spiro atoms. The van der Waals surface area contributed by atoms with Crippen LogP contribution in [0.2, 0.25) is 10.0 Å². The number of nitrogens with zero attached hydrogens (tertiary/aromatic N) is 1. The molecule has 0 aliphatic carbocycles. The third kappa shape index (κ3) is 8.35. The summed E-state index contributed by atoms with van der Waals surface area (Å²) < 4.78 is 0. The number of benzene rings is 2. The Hall–Kier alpha value is -2.04. The molecule has 0 aliphatic heterocycles. The van der Waals surface area contributed by atoms with Crippen LogP contribution in [-0.4, -0.2) is 28.3 Å². The summed E-state index contributed by atoms with van der Waals surface area (Å²) in [6.45, 7) is 12.3. The first-order valence-electron chi connectivity index (χ1n) is 11.6. The Morgan fingerprint density at radius 1 is 1.03 bits per heavy atom. The summed E-state index contributed by atoms with van der Waals surface area (Å²) in [5.41, 5.74) is 2.74. The largest absolute Gasteiger partial charge is 0.350 e. The number of aryl methyl sites for hydroxylation is 1. The summed E-state index contributed by atoms with van der Waals surface area (Å²) >= 11 is 12.5. The molecule has 0 aliphatic rings. The average molecular weight is 492 g/mol. The lowest BCUT2D eigenvalue weighted by molar-refractivity contribution is -0.142. The van der Waals surface area contributed by atoms with E-state index in [-0.39, 0.29) is 18.4 Å². The first-order chi connectivity index (χ1) is 15.4. The van der Waals surface area contributed by atoms with E-state index in [0.29, 0.717) is 35.2 Å². The van der Waals surface area contributed by atoms with Gasteiger partial charge in [-0.25, -0.2) is 0 Å². The zero-order valence-electron chi connectivity index (χ0n) is 20.5. The number of halogens is 2.